The van der Waals surface area contributed by atoms with Gasteiger partial charge in [0.25, 0.3) is 11.1 Å². The number of hydrogen-bond donors (Lipinski definition) is 0. The molecule has 3 aromatic rings. The fourth-order valence-corrected chi connectivity index (χ4v) is 5.71. The Hall–Kier alpha value is -2.30. The first-order valence-electron chi connectivity index (χ1n) is 9.62. The Balaban J connectivity index is 1.63. The normalized spacial score (nSPS) is 15.3. The first-order chi connectivity index (χ1) is 16.1. The molecule has 0 unspecified atom stereocenters. The Morgan fingerprint density at radius 1 is 1.00 bits per heavy atom. The van der Waals surface area contributed by atoms with E-state index in [2.05, 4.69) is 15.9 Å². The van der Waals surface area contributed by atoms with Crippen LogP contribution in [0.2, 0.25) is 10.0 Å². The standard InChI is InChI=1S/C23H14BrCl2NO5S2/c24-16-7-9-20(32-34(30,31)18-4-2-1-3-5-18)15(10-16)11-21-22(28)27(23(29)33-21)13-14-6-8-17(25)12-19(14)26/h1-12H,13H2/b21-11-. The van der Waals surface area contributed by atoms with E-state index in [0.29, 0.717) is 25.6 Å². The second kappa shape index (κ2) is 10.1. The Labute approximate surface area is 218 Å². The molecule has 6 nitrogen and oxygen atoms in total. The number of imide groups is 1. The van der Waals surface area contributed by atoms with Crippen molar-refractivity contribution in [3.63, 3.8) is 0 Å². The average Bonchev–Trinajstić information content (AvgIpc) is 3.05. The van der Waals surface area contributed by atoms with Gasteiger partial charge in [0, 0.05) is 20.1 Å². The van der Waals surface area contributed by atoms with E-state index >= 15 is 0 Å². The SMILES string of the molecule is O=C1S/C(=C\c2cc(Br)ccc2OS(=O)(=O)c2ccccc2)C(=O)N1Cc1ccc(Cl)cc1Cl. The van der Waals surface area contributed by atoms with E-state index in [1.165, 1.54) is 30.3 Å². The van der Waals surface area contributed by atoms with Crippen molar-refractivity contribution in [2.24, 2.45) is 0 Å². The van der Waals surface area contributed by atoms with Crippen LogP contribution in [0.3, 0.4) is 0 Å². The lowest BCUT2D eigenvalue weighted by Crippen LogP contribution is -2.27. The predicted octanol–water partition coefficient (Wildman–Crippen LogP) is 6.76. The summed E-state index contributed by atoms with van der Waals surface area (Å²) < 4.78 is 31.4. The van der Waals surface area contributed by atoms with Crippen LogP contribution in [-0.4, -0.2) is 24.5 Å². The number of carbonyl (C=O) groups is 2. The Kier molecular flexibility index (Phi) is 7.39. The van der Waals surface area contributed by atoms with E-state index in [-0.39, 0.29) is 22.1 Å². The lowest BCUT2D eigenvalue weighted by molar-refractivity contribution is -0.123. The molecule has 1 aliphatic rings. The summed E-state index contributed by atoms with van der Waals surface area (Å²) in [6, 6.07) is 17.2. The molecule has 1 heterocycles. The minimum absolute atomic E-state index is 0.0102. The van der Waals surface area contributed by atoms with E-state index in [9.17, 15) is 18.0 Å². The number of carbonyl (C=O) groups excluding carboxylic acids is 2. The minimum atomic E-state index is -4.11. The maximum Gasteiger partial charge on any atom is 0.339 e. The number of halogens is 3. The van der Waals surface area contributed by atoms with Gasteiger partial charge >= 0.3 is 10.1 Å². The molecule has 0 radical (unpaired) electrons. The lowest BCUT2D eigenvalue weighted by Gasteiger charge is -2.14. The number of hydrogen-bond acceptors (Lipinski definition) is 6. The quantitative estimate of drug-likeness (QED) is 0.230. The smallest absolute Gasteiger partial charge is 0.339 e. The van der Waals surface area contributed by atoms with Crippen LogP contribution in [0.1, 0.15) is 11.1 Å². The highest BCUT2D eigenvalue weighted by Crippen LogP contribution is 2.37. The molecule has 0 spiro atoms. The van der Waals surface area contributed by atoms with Gasteiger partial charge in [0.1, 0.15) is 10.6 Å². The number of nitrogens with zero attached hydrogens (tertiary/aromatic N) is 1. The van der Waals surface area contributed by atoms with Crippen LogP contribution in [-0.2, 0) is 21.5 Å². The summed E-state index contributed by atoms with van der Waals surface area (Å²) in [6.07, 6.45) is 1.43. The van der Waals surface area contributed by atoms with Gasteiger partial charge in [-0.25, -0.2) is 0 Å². The summed E-state index contributed by atoms with van der Waals surface area (Å²) in [5.74, 6) is -0.516. The van der Waals surface area contributed by atoms with Crippen LogP contribution in [0.15, 0.2) is 81.0 Å². The van der Waals surface area contributed by atoms with Gasteiger partial charge in [-0.15, -0.1) is 0 Å². The summed E-state index contributed by atoms with van der Waals surface area (Å²) in [4.78, 5) is 26.7. The molecular weight excluding hydrogens is 585 g/mol. The fraction of sp³-hybridized carbons (Fsp3) is 0.0435. The maximum absolute atomic E-state index is 13.0. The molecule has 1 fully saturated rings. The molecule has 0 aromatic heterocycles. The highest BCUT2D eigenvalue weighted by molar-refractivity contribution is 9.10. The van der Waals surface area contributed by atoms with E-state index in [4.69, 9.17) is 27.4 Å². The van der Waals surface area contributed by atoms with Crippen molar-refractivity contribution in [1.29, 1.82) is 0 Å². The van der Waals surface area contributed by atoms with E-state index in [0.717, 1.165) is 16.7 Å². The van der Waals surface area contributed by atoms with E-state index in [1.807, 2.05) is 0 Å². The van der Waals surface area contributed by atoms with Gasteiger partial charge < -0.3 is 4.18 Å². The van der Waals surface area contributed by atoms with E-state index in [1.54, 1.807) is 42.5 Å². The third-order valence-corrected chi connectivity index (χ3v) is 7.94. The Bertz CT molecular complexity index is 1430. The topological polar surface area (TPSA) is 80.8 Å². The van der Waals surface area contributed by atoms with Gasteiger partial charge in [0.15, 0.2) is 0 Å². The molecule has 0 atom stereocenters. The van der Waals surface area contributed by atoms with Crippen molar-refractivity contribution in [2.75, 3.05) is 0 Å². The van der Waals surface area contributed by atoms with Crippen LogP contribution >= 0.6 is 50.9 Å². The Morgan fingerprint density at radius 3 is 2.44 bits per heavy atom. The zero-order valence-corrected chi connectivity index (χ0v) is 21.8. The number of benzene rings is 3. The highest BCUT2D eigenvalue weighted by atomic mass is 79.9. The minimum Gasteiger partial charge on any atom is -0.378 e. The molecule has 0 saturated carbocycles. The molecule has 2 amide bonds. The van der Waals surface area contributed by atoms with Gasteiger partial charge in [-0.05, 0) is 65.9 Å². The molecule has 11 heteroatoms. The van der Waals surface area contributed by atoms with Gasteiger partial charge in [-0.2, -0.15) is 8.42 Å². The van der Waals surface area contributed by atoms with Crippen molar-refractivity contribution in [3.8, 4) is 5.75 Å². The van der Waals surface area contributed by atoms with Crippen LogP contribution in [0.5, 0.6) is 5.75 Å². The third kappa shape index (κ3) is 5.50. The van der Waals surface area contributed by atoms with Gasteiger partial charge in [0.05, 0.1) is 11.4 Å². The summed E-state index contributed by atoms with van der Waals surface area (Å²) in [7, 11) is -4.11. The molecule has 1 saturated heterocycles. The van der Waals surface area contributed by atoms with E-state index < -0.39 is 21.3 Å². The molecule has 34 heavy (non-hydrogen) atoms. The van der Waals surface area contributed by atoms with Crippen molar-refractivity contribution in [2.45, 2.75) is 11.4 Å². The van der Waals surface area contributed by atoms with Gasteiger partial charge in [0.2, 0.25) is 0 Å². The monoisotopic (exact) mass is 597 g/mol. The third-order valence-electron chi connectivity index (χ3n) is 4.71. The molecule has 0 N–H and O–H groups in total. The molecule has 4 rings (SSSR count). The zero-order chi connectivity index (χ0) is 24.5. The number of thioether (sulfide) groups is 1. The maximum atomic E-state index is 13.0. The summed E-state index contributed by atoms with van der Waals surface area (Å²) in [5.41, 5.74) is 0.874. The number of amides is 2. The van der Waals surface area contributed by atoms with Crippen LogP contribution in [0, 0.1) is 0 Å². The van der Waals surface area contributed by atoms with Crippen LogP contribution in [0.25, 0.3) is 6.08 Å². The van der Waals surface area contributed by atoms with Crippen LogP contribution < -0.4 is 4.18 Å². The first-order valence-corrected chi connectivity index (χ1v) is 13.4. The molecule has 174 valence electrons. The molecule has 0 bridgehead atoms. The van der Waals surface area contributed by atoms with Crippen molar-refractivity contribution in [1.82, 2.24) is 4.90 Å². The van der Waals surface area contributed by atoms with Crippen molar-refractivity contribution >= 4 is 78.2 Å². The lowest BCUT2D eigenvalue weighted by atomic mass is 10.1. The predicted molar refractivity (Wildman–Crippen MR) is 136 cm³/mol. The molecule has 1 aliphatic heterocycles. The molecule has 0 aliphatic carbocycles. The van der Waals surface area contributed by atoms with Gasteiger partial charge in [-0.3, -0.25) is 14.5 Å². The highest BCUT2D eigenvalue weighted by Gasteiger charge is 2.35. The number of rotatable bonds is 6. The Morgan fingerprint density at radius 2 is 1.74 bits per heavy atom. The second-order valence-corrected chi connectivity index (χ2v) is 11.3. The van der Waals surface area contributed by atoms with Crippen LogP contribution in [0.4, 0.5) is 4.79 Å². The summed E-state index contributed by atoms with van der Waals surface area (Å²) in [5, 5.41) is 0.302. The average molecular weight is 599 g/mol. The molecule has 3 aromatic carbocycles. The summed E-state index contributed by atoms with van der Waals surface area (Å²) >= 11 is 16.2. The first kappa shape index (κ1) is 24.8. The molecular formula is C23H14BrCl2NO5S2. The van der Waals surface area contributed by atoms with Crippen molar-refractivity contribution < 1.29 is 22.2 Å². The second-order valence-electron chi connectivity index (χ2n) is 7.04. The largest absolute Gasteiger partial charge is 0.378 e. The van der Waals surface area contributed by atoms with Gasteiger partial charge in [-0.1, -0.05) is 63.4 Å². The van der Waals surface area contributed by atoms with Crippen molar-refractivity contribution in [3.05, 3.63) is 97.3 Å². The fourth-order valence-electron chi connectivity index (χ4n) is 3.06. The summed E-state index contributed by atoms with van der Waals surface area (Å²) in [6.45, 7) is -0.0256. The zero-order valence-electron chi connectivity index (χ0n) is 17.1.